The summed E-state index contributed by atoms with van der Waals surface area (Å²) >= 11 is 0. The third-order valence-electron chi connectivity index (χ3n) is 5.26. The van der Waals surface area contributed by atoms with E-state index in [9.17, 15) is 0 Å². The van der Waals surface area contributed by atoms with E-state index in [1.165, 1.54) is 53.2 Å². The monoisotopic (exact) mass is 394 g/mol. The van der Waals surface area contributed by atoms with E-state index in [4.69, 9.17) is 0 Å². The van der Waals surface area contributed by atoms with Crippen LogP contribution in [-0.4, -0.2) is 29.1 Å². The van der Waals surface area contributed by atoms with Gasteiger partial charge in [-0.15, -0.1) is 24.8 Å². The van der Waals surface area contributed by atoms with Gasteiger partial charge in [0.15, 0.2) is 0 Å². The molecule has 0 saturated heterocycles. The number of fused-ring (bicyclic) bond motifs is 3. The molecule has 3 aromatic rings. The van der Waals surface area contributed by atoms with E-state index >= 15 is 0 Å². The molecule has 0 saturated carbocycles. The maximum atomic E-state index is 2.52. The highest BCUT2D eigenvalue weighted by Gasteiger charge is 2.12. The Bertz CT molecular complexity index is 806. The fraction of sp³-hybridized carbons (Fsp3) is 0.455. The summed E-state index contributed by atoms with van der Waals surface area (Å²) in [5.41, 5.74) is 4.32. The molecule has 0 spiro atoms. The van der Waals surface area contributed by atoms with Crippen molar-refractivity contribution in [1.82, 2.24) is 9.47 Å². The molecule has 1 heterocycles. The molecular formula is C22H32Cl2N2. The van der Waals surface area contributed by atoms with E-state index < -0.39 is 0 Å². The van der Waals surface area contributed by atoms with Gasteiger partial charge in [0.25, 0.3) is 0 Å². The number of aromatic nitrogens is 1. The molecule has 144 valence electrons. The average Bonchev–Trinajstić information content (AvgIpc) is 2.96. The Balaban J connectivity index is 0.00000169. The number of hydrogen-bond donors (Lipinski definition) is 0. The number of benzene rings is 2. The molecule has 2 aromatic carbocycles. The van der Waals surface area contributed by atoms with Gasteiger partial charge in [-0.05, 0) is 57.5 Å². The van der Waals surface area contributed by atoms with Crippen LogP contribution in [0.2, 0.25) is 0 Å². The molecule has 1 aromatic heterocycles. The molecule has 26 heavy (non-hydrogen) atoms. The Morgan fingerprint density at radius 1 is 0.808 bits per heavy atom. The van der Waals surface area contributed by atoms with E-state index in [0.29, 0.717) is 0 Å². The molecule has 0 radical (unpaired) electrons. The quantitative estimate of drug-likeness (QED) is 0.405. The second-order valence-corrected chi connectivity index (χ2v) is 6.56. The summed E-state index contributed by atoms with van der Waals surface area (Å²) in [6.45, 7) is 11.3. The molecular weight excluding hydrogens is 363 g/mol. The predicted molar refractivity (Wildman–Crippen MR) is 120 cm³/mol. The molecule has 0 aliphatic heterocycles. The molecule has 0 fully saturated rings. The summed E-state index contributed by atoms with van der Waals surface area (Å²) in [5, 5.41) is 2.80. The van der Waals surface area contributed by atoms with E-state index in [0.717, 1.165) is 19.6 Å². The number of rotatable bonds is 8. The SMILES string of the molecule is CCN(CC)CCCCc1cccc2c3ccccc3n(CC)c12.Cl.Cl. The highest BCUT2D eigenvalue weighted by atomic mass is 35.5. The minimum atomic E-state index is 0. The minimum absolute atomic E-state index is 0. The van der Waals surface area contributed by atoms with Gasteiger partial charge < -0.3 is 9.47 Å². The van der Waals surface area contributed by atoms with E-state index in [-0.39, 0.29) is 24.8 Å². The number of nitrogens with zero attached hydrogens (tertiary/aromatic N) is 2. The molecule has 0 unspecified atom stereocenters. The summed E-state index contributed by atoms with van der Waals surface area (Å²) in [6.07, 6.45) is 3.72. The van der Waals surface area contributed by atoms with Gasteiger partial charge in [-0.2, -0.15) is 0 Å². The molecule has 0 aliphatic rings. The fourth-order valence-electron chi connectivity index (χ4n) is 3.91. The first-order chi connectivity index (χ1) is 11.8. The second-order valence-electron chi connectivity index (χ2n) is 6.56. The van der Waals surface area contributed by atoms with Crippen LogP contribution < -0.4 is 0 Å². The maximum absolute atomic E-state index is 2.52. The molecule has 2 nitrogen and oxygen atoms in total. The first-order valence-electron chi connectivity index (χ1n) is 9.51. The predicted octanol–water partition coefficient (Wildman–Crippen LogP) is 6.32. The Morgan fingerprint density at radius 3 is 2.19 bits per heavy atom. The van der Waals surface area contributed by atoms with Crippen LogP contribution in [0.15, 0.2) is 42.5 Å². The summed E-state index contributed by atoms with van der Waals surface area (Å²) in [6, 6.07) is 15.6. The summed E-state index contributed by atoms with van der Waals surface area (Å²) in [5.74, 6) is 0. The summed E-state index contributed by atoms with van der Waals surface area (Å²) in [4.78, 5) is 2.52. The van der Waals surface area contributed by atoms with Crippen LogP contribution >= 0.6 is 24.8 Å². The van der Waals surface area contributed by atoms with Gasteiger partial charge in [-0.1, -0.05) is 50.2 Å². The van der Waals surface area contributed by atoms with Gasteiger partial charge in [-0.25, -0.2) is 0 Å². The van der Waals surface area contributed by atoms with Crippen LogP contribution in [0.4, 0.5) is 0 Å². The first-order valence-corrected chi connectivity index (χ1v) is 9.51. The molecule has 3 rings (SSSR count). The standard InChI is InChI=1S/C22H30N2.2ClH/c1-4-23(5-2)17-10-9-12-18-13-11-15-20-19-14-7-8-16-21(19)24(6-3)22(18)20;;/h7-8,11,13-16H,4-6,9-10,12,17H2,1-3H3;2*1H. The van der Waals surface area contributed by atoms with Crippen LogP contribution in [0.25, 0.3) is 21.8 Å². The lowest BCUT2D eigenvalue weighted by Gasteiger charge is -2.17. The number of unbranched alkanes of at least 4 members (excludes halogenated alkanes) is 1. The molecule has 0 atom stereocenters. The zero-order valence-electron chi connectivity index (χ0n) is 16.2. The van der Waals surface area contributed by atoms with E-state index in [1.807, 2.05) is 0 Å². The van der Waals surface area contributed by atoms with Crippen LogP contribution in [0.3, 0.4) is 0 Å². The highest BCUT2D eigenvalue weighted by molar-refractivity contribution is 6.09. The van der Waals surface area contributed by atoms with Gasteiger partial charge in [0.2, 0.25) is 0 Å². The first kappa shape index (κ1) is 22.8. The fourth-order valence-corrected chi connectivity index (χ4v) is 3.91. The van der Waals surface area contributed by atoms with E-state index in [2.05, 4.69) is 72.7 Å². The summed E-state index contributed by atoms with van der Waals surface area (Å²) in [7, 11) is 0. The van der Waals surface area contributed by atoms with Crippen molar-refractivity contribution in [2.45, 2.75) is 46.6 Å². The summed E-state index contributed by atoms with van der Waals surface area (Å²) < 4.78 is 2.49. The topological polar surface area (TPSA) is 8.17 Å². The van der Waals surface area contributed by atoms with Crippen LogP contribution in [-0.2, 0) is 13.0 Å². The van der Waals surface area contributed by atoms with Gasteiger partial charge in [0.05, 0.1) is 5.52 Å². The number of aryl methyl sites for hydroxylation is 2. The lowest BCUT2D eigenvalue weighted by molar-refractivity contribution is 0.297. The van der Waals surface area contributed by atoms with Crippen molar-refractivity contribution < 1.29 is 0 Å². The number of para-hydroxylation sites is 2. The Labute approximate surface area is 170 Å². The largest absolute Gasteiger partial charge is 0.341 e. The van der Waals surface area contributed by atoms with Crippen molar-refractivity contribution in [2.24, 2.45) is 0 Å². The van der Waals surface area contributed by atoms with Gasteiger partial charge in [0, 0.05) is 22.8 Å². The number of hydrogen-bond acceptors (Lipinski definition) is 1. The Hall–Kier alpha value is -1.22. The minimum Gasteiger partial charge on any atom is -0.341 e. The third-order valence-corrected chi connectivity index (χ3v) is 5.26. The van der Waals surface area contributed by atoms with Crippen molar-refractivity contribution in [3.63, 3.8) is 0 Å². The Morgan fingerprint density at radius 2 is 1.50 bits per heavy atom. The van der Waals surface area contributed by atoms with Crippen molar-refractivity contribution in [1.29, 1.82) is 0 Å². The lowest BCUT2D eigenvalue weighted by atomic mass is 10.0. The van der Waals surface area contributed by atoms with Gasteiger partial charge in [0.1, 0.15) is 0 Å². The van der Waals surface area contributed by atoms with Crippen LogP contribution in [0.1, 0.15) is 39.2 Å². The second kappa shape index (κ2) is 10.8. The zero-order chi connectivity index (χ0) is 16.9. The normalized spacial score (nSPS) is 10.9. The molecule has 0 bridgehead atoms. The van der Waals surface area contributed by atoms with Gasteiger partial charge in [-0.3, -0.25) is 0 Å². The van der Waals surface area contributed by atoms with Crippen LogP contribution in [0, 0.1) is 0 Å². The van der Waals surface area contributed by atoms with Crippen molar-refractivity contribution in [2.75, 3.05) is 19.6 Å². The molecule has 4 heteroatoms. The molecule has 0 aliphatic carbocycles. The smallest absolute Gasteiger partial charge is 0.0523 e. The molecule has 0 amide bonds. The Kier molecular flexibility index (Phi) is 9.49. The average molecular weight is 395 g/mol. The van der Waals surface area contributed by atoms with Crippen molar-refractivity contribution in [3.05, 3.63) is 48.0 Å². The zero-order valence-corrected chi connectivity index (χ0v) is 17.8. The van der Waals surface area contributed by atoms with E-state index in [1.54, 1.807) is 0 Å². The van der Waals surface area contributed by atoms with Crippen LogP contribution in [0.5, 0.6) is 0 Å². The van der Waals surface area contributed by atoms with Crippen molar-refractivity contribution in [3.8, 4) is 0 Å². The van der Waals surface area contributed by atoms with Gasteiger partial charge >= 0.3 is 0 Å². The molecule has 0 N–H and O–H groups in total. The lowest BCUT2D eigenvalue weighted by Crippen LogP contribution is -2.23. The highest BCUT2D eigenvalue weighted by Crippen LogP contribution is 2.31. The number of halogens is 2. The maximum Gasteiger partial charge on any atom is 0.0523 e. The van der Waals surface area contributed by atoms with Crippen molar-refractivity contribution >= 4 is 46.6 Å². The third kappa shape index (κ3) is 4.54.